The van der Waals surface area contributed by atoms with Crippen LogP contribution in [0.1, 0.15) is 12.5 Å². The van der Waals surface area contributed by atoms with Crippen LogP contribution in [0.15, 0.2) is 30.3 Å². The van der Waals surface area contributed by atoms with Crippen molar-refractivity contribution in [2.45, 2.75) is 6.92 Å². The molecule has 0 radical (unpaired) electrons. The van der Waals surface area contributed by atoms with E-state index >= 15 is 0 Å². The SMILES string of the molecule is C/C(=C/C(=O)NCCO)c1ccc(F)cc1. The summed E-state index contributed by atoms with van der Waals surface area (Å²) in [4.78, 5) is 11.3. The number of hydrogen-bond acceptors (Lipinski definition) is 2. The zero-order chi connectivity index (χ0) is 12.0. The van der Waals surface area contributed by atoms with Crippen molar-refractivity contribution in [3.63, 3.8) is 0 Å². The van der Waals surface area contributed by atoms with Gasteiger partial charge in [-0.3, -0.25) is 4.79 Å². The number of aliphatic hydroxyl groups is 1. The molecule has 0 spiro atoms. The summed E-state index contributed by atoms with van der Waals surface area (Å²) in [7, 11) is 0. The number of benzene rings is 1. The van der Waals surface area contributed by atoms with Crippen molar-refractivity contribution in [2.75, 3.05) is 13.2 Å². The molecule has 0 heterocycles. The molecule has 2 N–H and O–H groups in total. The van der Waals surface area contributed by atoms with Crippen LogP contribution < -0.4 is 5.32 Å². The lowest BCUT2D eigenvalue weighted by Gasteiger charge is -2.02. The van der Waals surface area contributed by atoms with Gasteiger partial charge in [-0.15, -0.1) is 0 Å². The Labute approximate surface area is 93.6 Å². The molecule has 86 valence electrons. The van der Waals surface area contributed by atoms with E-state index in [1.807, 2.05) is 0 Å². The van der Waals surface area contributed by atoms with Gasteiger partial charge in [-0.25, -0.2) is 4.39 Å². The molecular formula is C12H14FNO2. The molecule has 0 fully saturated rings. The molecule has 0 saturated heterocycles. The van der Waals surface area contributed by atoms with Crippen LogP contribution in [0.25, 0.3) is 5.57 Å². The van der Waals surface area contributed by atoms with Crippen LogP contribution in [-0.4, -0.2) is 24.2 Å². The Morgan fingerprint density at radius 2 is 2.06 bits per heavy atom. The lowest BCUT2D eigenvalue weighted by molar-refractivity contribution is -0.116. The fourth-order valence-corrected chi connectivity index (χ4v) is 1.22. The number of hydrogen-bond donors (Lipinski definition) is 2. The fourth-order valence-electron chi connectivity index (χ4n) is 1.22. The van der Waals surface area contributed by atoms with Crippen LogP contribution in [0.2, 0.25) is 0 Å². The summed E-state index contributed by atoms with van der Waals surface area (Å²) in [5, 5.41) is 11.0. The average molecular weight is 223 g/mol. The van der Waals surface area contributed by atoms with Gasteiger partial charge in [-0.2, -0.15) is 0 Å². The molecule has 1 aromatic carbocycles. The van der Waals surface area contributed by atoms with E-state index in [2.05, 4.69) is 5.32 Å². The molecule has 0 atom stereocenters. The molecule has 0 aliphatic rings. The van der Waals surface area contributed by atoms with Gasteiger partial charge >= 0.3 is 0 Å². The van der Waals surface area contributed by atoms with E-state index in [1.54, 1.807) is 19.1 Å². The van der Waals surface area contributed by atoms with Gasteiger partial charge in [0.2, 0.25) is 5.91 Å². The number of halogens is 1. The van der Waals surface area contributed by atoms with Crippen LogP contribution in [0, 0.1) is 5.82 Å². The quantitative estimate of drug-likeness (QED) is 0.757. The first-order valence-electron chi connectivity index (χ1n) is 4.96. The highest BCUT2D eigenvalue weighted by Crippen LogP contribution is 2.13. The van der Waals surface area contributed by atoms with E-state index in [0.717, 1.165) is 11.1 Å². The normalized spacial score (nSPS) is 11.3. The molecule has 3 nitrogen and oxygen atoms in total. The van der Waals surface area contributed by atoms with Crippen molar-refractivity contribution in [3.8, 4) is 0 Å². The summed E-state index contributed by atoms with van der Waals surface area (Å²) < 4.78 is 12.7. The third-order valence-corrected chi connectivity index (χ3v) is 2.06. The topological polar surface area (TPSA) is 49.3 Å². The molecule has 1 rings (SSSR count). The van der Waals surface area contributed by atoms with Crippen molar-refractivity contribution in [1.82, 2.24) is 5.32 Å². The Bertz CT molecular complexity index is 385. The molecule has 0 aliphatic heterocycles. The maximum absolute atomic E-state index is 12.7. The molecule has 0 aliphatic carbocycles. The van der Waals surface area contributed by atoms with Gasteiger partial charge in [0.25, 0.3) is 0 Å². The van der Waals surface area contributed by atoms with E-state index in [1.165, 1.54) is 18.2 Å². The highest BCUT2D eigenvalue weighted by Gasteiger charge is 2.00. The summed E-state index contributed by atoms with van der Waals surface area (Å²) in [6, 6.07) is 5.91. The summed E-state index contributed by atoms with van der Waals surface area (Å²) in [5.74, 6) is -0.572. The van der Waals surface area contributed by atoms with E-state index < -0.39 is 0 Å². The predicted molar refractivity (Wildman–Crippen MR) is 60.1 cm³/mol. The standard InChI is InChI=1S/C12H14FNO2/c1-9(8-12(16)14-6-7-15)10-2-4-11(13)5-3-10/h2-5,8,15H,6-7H2,1H3,(H,14,16)/b9-8-. The highest BCUT2D eigenvalue weighted by molar-refractivity contribution is 5.94. The number of aliphatic hydroxyl groups excluding tert-OH is 1. The van der Waals surface area contributed by atoms with Crippen molar-refractivity contribution < 1.29 is 14.3 Å². The molecule has 1 amide bonds. The molecule has 1 aromatic rings. The molecule has 0 bridgehead atoms. The second-order valence-electron chi connectivity index (χ2n) is 3.35. The largest absolute Gasteiger partial charge is 0.395 e. The number of rotatable bonds is 4. The second-order valence-corrected chi connectivity index (χ2v) is 3.35. The van der Waals surface area contributed by atoms with Crippen molar-refractivity contribution >= 4 is 11.5 Å². The Kier molecular flexibility index (Phi) is 4.66. The van der Waals surface area contributed by atoms with Gasteiger partial charge in [0.05, 0.1) is 6.61 Å². The number of nitrogens with one attached hydrogen (secondary N) is 1. The van der Waals surface area contributed by atoms with E-state index in [-0.39, 0.29) is 24.9 Å². The first-order valence-corrected chi connectivity index (χ1v) is 4.96. The van der Waals surface area contributed by atoms with Crippen LogP contribution >= 0.6 is 0 Å². The van der Waals surface area contributed by atoms with Gasteiger partial charge < -0.3 is 10.4 Å². The average Bonchev–Trinajstić information content (AvgIpc) is 2.27. The molecule has 0 aromatic heterocycles. The maximum atomic E-state index is 12.7. The van der Waals surface area contributed by atoms with Crippen LogP contribution in [0.3, 0.4) is 0 Å². The fraction of sp³-hybridized carbons (Fsp3) is 0.250. The lowest BCUT2D eigenvalue weighted by Crippen LogP contribution is -2.24. The van der Waals surface area contributed by atoms with Gasteiger partial charge in [-0.1, -0.05) is 12.1 Å². The van der Waals surface area contributed by atoms with Gasteiger partial charge in [-0.05, 0) is 30.2 Å². The summed E-state index contributed by atoms with van der Waals surface area (Å²) in [6.07, 6.45) is 1.42. The zero-order valence-corrected chi connectivity index (χ0v) is 9.03. The van der Waals surface area contributed by atoms with Crippen molar-refractivity contribution in [1.29, 1.82) is 0 Å². The summed E-state index contributed by atoms with van der Waals surface area (Å²) >= 11 is 0. The van der Waals surface area contributed by atoms with E-state index in [0.29, 0.717) is 0 Å². The Morgan fingerprint density at radius 1 is 1.44 bits per heavy atom. The lowest BCUT2D eigenvalue weighted by atomic mass is 10.1. The van der Waals surface area contributed by atoms with E-state index in [4.69, 9.17) is 5.11 Å². The predicted octanol–water partition coefficient (Wildman–Crippen LogP) is 1.34. The minimum Gasteiger partial charge on any atom is -0.395 e. The molecule has 0 unspecified atom stereocenters. The number of carbonyl (C=O) groups is 1. The summed E-state index contributed by atoms with van der Waals surface area (Å²) in [6.45, 7) is 1.91. The third kappa shape index (κ3) is 3.82. The number of carbonyl (C=O) groups excluding carboxylic acids is 1. The van der Waals surface area contributed by atoms with Crippen molar-refractivity contribution in [3.05, 3.63) is 41.7 Å². The van der Waals surface area contributed by atoms with Gasteiger partial charge in [0.1, 0.15) is 5.82 Å². The number of amides is 1. The maximum Gasteiger partial charge on any atom is 0.244 e. The smallest absolute Gasteiger partial charge is 0.244 e. The molecular weight excluding hydrogens is 209 g/mol. The minimum atomic E-state index is -0.304. The van der Waals surface area contributed by atoms with Gasteiger partial charge in [0.15, 0.2) is 0 Å². The molecule has 4 heteroatoms. The number of allylic oxidation sites excluding steroid dienone is 1. The molecule has 16 heavy (non-hydrogen) atoms. The third-order valence-electron chi connectivity index (χ3n) is 2.06. The highest BCUT2D eigenvalue weighted by atomic mass is 19.1. The molecule has 0 saturated carbocycles. The summed E-state index contributed by atoms with van der Waals surface area (Å²) in [5.41, 5.74) is 1.54. The second kappa shape index (κ2) is 6.02. The van der Waals surface area contributed by atoms with E-state index in [9.17, 15) is 9.18 Å². The monoisotopic (exact) mass is 223 g/mol. The minimum absolute atomic E-state index is 0.0881. The first kappa shape index (κ1) is 12.4. The van der Waals surface area contributed by atoms with Crippen molar-refractivity contribution in [2.24, 2.45) is 0 Å². The van der Waals surface area contributed by atoms with Gasteiger partial charge in [0, 0.05) is 12.6 Å². The Balaban J connectivity index is 2.69. The van der Waals surface area contributed by atoms with Crippen LogP contribution in [0.5, 0.6) is 0 Å². The van der Waals surface area contributed by atoms with Crippen LogP contribution in [-0.2, 0) is 4.79 Å². The Morgan fingerprint density at radius 3 is 2.62 bits per heavy atom. The van der Waals surface area contributed by atoms with Crippen LogP contribution in [0.4, 0.5) is 4.39 Å². The Hall–Kier alpha value is -1.68. The zero-order valence-electron chi connectivity index (χ0n) is 9.03. The first-order chi connectivity index (χ1) is 7.63.